The Morgan fingerprint density at radius 1 is 1.25 bits per heavy atom. The number of carbonyl (C=O) groups is 2. The van der Waals surface area contributed by atoms with Gasteiger partial charge in [-0.25, -0.2) is 18.6 Å². The predicted octanol–water partition coefficient (Wildman–Crippen LogP) is 3.79. The molecular formula is C21H21F2N5O3S. The Labute approximate surface area is 186 Å². The Balaban J connectivity index is 1.46. The maximum atomic E-state index is 13.5. The minimum Gasteiger partial charge on any atom is -0.361 e. The van der Waals surface area contributed by atoms with Gasteiger partial charge in [0, 0.05) is 24.7 Å². The average Bonchev–Trinajstić information content (AvgIpc) is 3.39. The number of aryl methyl sites for hydroxylation is 2. The van der Waals surface area contributed by atoms with Crippen LogP contribution < -0.4 is 10.2 Å². The molecule has 3 aromatic rings. The van der Waals surface area contributed by atoms with Gasteiger partial charge in [-0.1, -0.05) is 16.5 Å². The highest BCUT2D eigenvalue weighted by atomic mass is 32.1. The van der Waals surface area contributed by atoms with E-state index in [4.69, 9.17) is 4.52 Å². The van der Waals surface area contributed by atoms with E-state index >= 15 is 0 Å². The van der Waals surface area contributed by atoms with E-state index in [1.54, 1.807) is 19.9 Å². The lowest BCUT2D eigenvalue weighted by Gasteiger charge is -2.20. The van der Waals surface area contributed by atoms with Gasteiger partial charge in [0.05, 0.1) is 18.8 Å². The van der Waals surface area contributed by atoms with E-state index < -0.39 is 11.6 Å². The normalized spacial score (nSPS) is 16.2. The van der Waals surface area contributed by atoms with Crippen molar-refractivity contribution in [3.8, 4) is 0 Å². The lowest BCUT2D eigenvalue weighted by Crippen LogP contribution is -2.33. The summed E-state index contributed by atoms with van der Waals surface area (Å²) >= 11 is 1.12. The summed E-state index contributed by atoms with van der Waals surface area (Å²) < 4.78 is 32.0. The molecule has 2 aromatic heterocycles. The molecule has 0 radical (unpaired) electrons. The molecule has 1 aliphatic rings. The van der Waals surface area contributed by atoms with Gasteiger partial charge in [0.2, 0.25) is 0 Å². The number of benzene rings is 1. The van der Waals surface area contributed by atoms with Crippen LogP contribution in [0.4, 0.5) is 18.7 Å². The first kappa shape index (κ1) is 21.9. The van der Waals surface area contributed by atoms with Crippen molar-refractivity contribution < 1.29 is 22.9 Å². The fraction of sp³-hybridized carbons (Fsp3) is 0.333. The molecule has 1 fully saturated rings. The van der Waals surface area contributed by atoms with Gasteiger partial charge in [0.1, 0.15) is 28.0 Å². The van der Waals surface area contributed by atoms with Gasteiger partial charge >= 0.3 is 6.03 Å². The smallest absolute Gasteiger partial charge is 0.326 e. The highest BCUT2D eigenvalue weighted by Crippen LogP contribution is 2.31. The summed E-state index contributed by atoms with van der Waals surface area (Å²) in [5.41, 5.74) is 1.47. The molecule has 168 valence electrons. The lowest BCUT2D eigenvalue weighted by atomic mass is 10.2. The van der Waals surface area contributed by atoms with Crippen molar-refractivity contribution in [1.82, 2.24) is 20.4 Å². The van der Waals surface area contributed by atoms with Crippen molar-refractivity contribution >= 4 is 28.4 Å². The number of urea groups is 1. The first-order chi connectivity index (χ1) is 15.2. The van der Waals surface area contributed by atoms with Crippen molar-refractivity contribution in [2.24, 2.45) is 0 Å². The molecule has 3 amide bonds. The summed E-state index contributed by atoms with van der Waals surface area (Å²) in [5, 5.41) is 7.00. The van der Waals surface area contributed by atoms with Crippen LogP contribution in [-0.4, -0.2) is 39.6 Å². The SMILES string of the molecule is Cc1cc(CNC(=O)c2sc(N3CC(C)N(Cc4cc(F)cc(F)c4)C3=O)nc2C)no1. The van der Waals surface area contributed by atoms with Crippen molar-refractivity contribution in [3.05, 3.63) is 63.5 Å². The van der Waals surface area contributed by atoms with Crippen LogP contribution in [0.2, 0.25) is 0 Å². The third-order valence-electron chi connectivity index (χ3n) is 5.06. The summed E-state index contributed by atoms with van der Waals surface area (Å²) in [4.78, 5) is 33.4. The van der Waals surface area contributed by atoms with Crippen LogP contribution in [0.5, 0.6) is 0 Å². The zero-order valence-electron chi connectivity index (χ0n) is 17.7. The standard InChI is InChI=1S/C21H21F2N5O3S/c1-11-9-28(21(30)27(11)10-14-5-15(22)7-16(23)6-14)20-25-13(3)18(32-20)19(29)24-8-17-4-12(2)31-26-17/h4-7,11H,8-10H2,1-3H3,(H,24,29). The first-order valence-electron chi connectivity index (χ1n) is 9.92. The third kappa shape index (κ3) is 4.47. The molecule has 0 bridgehead atoms. The summed E-state index contributed by atoms with van der Waals surface area (Å²) in [6.45, 7) is 5.94. The van der Waals surface area contributed by atoms with Crippen molar-refractivity contribution in [1.29, 1.82) is 0 Å². The second kappa shape index (κ2) is 8.65. The highest BCUT2D eigenvalue weighted by molar-refractivity contribution is 7.17. The molecule has 1 N–H and O–H groups in total. The molecule has 0 saturated carbocycles. The zero-order valence-corrected chi connectivity index (χ0v) is 18.5. The van der Waals surface area contributed by atoms with E-state index in [2.05, 4.69) is 15.5 Å². The monoisotopic (exact) mass is 461 g/mol. The van der Waals surface area contributed by atoms with Gasteiger partial charge in [-0.05, 0) is 38.5 Å². The Hall–Kier alpha value is -3.34. The van der Waals surface area contributed by atoms with E-state index in [1.807, 2.05) is 6.92 Å². The number of rotatable bonds is 6. The number of hydrogen-bond acceptors (Lipinski definition) is 6. The molecule has 1 aliphatic heterocycles. The molecule has 4 rings (SSSR count). The number of amides is 3. The Kier molecular flexibility index (Phi) is 5.92. The predicted molar refractivity (Wildman–Crippen MR) is 113 cm³/mol. The minimum absolute atomic E-state index is 0.0694. The molecule has 1 unspecified atom stereocenters. The fourth-order valence-electron chi connectivity index (χ4n) is 3.53. The number of nitrogens with one attached hydrogen (secondary N) is 1. The number of carbonyl (C=O) groups excluding carboxylic acids is 2. The van der Waals surface area contributed by atoms with E-state index in [9.17, 15) is 18.4 Å². The van der Waals surface area contributed by atoms with Crippen molar-refractivity contribution in [2.45, 2.75) is 39.9 Å². The number of nitrogens with zero attached hydrogens (tertiary/aromatic N) is 4. The van der Waals surface area contributed by atoms with Crippen LogP contribution in [0.25, 0.3) is 0 Å². The molecule has 0 aliphatic carbocycles. The van der Waals surface area contributed by atoms with Crippen LogP contribution in [0.1, 0.15) is 39.3 Å². The topological polar surface area (TPSA) is 91.6 Å². The van der Waals surface area contributed by atoms with Crippen LogP contribution in [0.3, 0.4) is 0 Å². The number of halogens is 2. The van der Waals surface area contributed by atoms with E-state index in [-0.39, 0.29) is 31.1 Å². The second-order valence-electron chi connectivity index (χ2n) is 7.67. The van der Waals surface area contributed by atoms with E-state index in [0.717, 1.165) is 17.4 Å². The van der Waals surface area contributed by atoms with Crippen LogP contribution >= 0.6 is 11.3 Å². The Morgan fingerprint density at radius 2 is 1.97 bits per heavy atom. The first-order valence-corrected chi connectivity index (χ1v) is 10.7. The van der Waals surface area contributed by atoms with Gasteiger partial charge < -0.3 is 14.7 Å². The lowest BCUT2D eigenvalue weighted by molar-refractivity contribution is 0.0953. The van der Waals surface area contributed by atoms with E-state index in [0.29, 0.717) is 39.3 Å². The van der Waals surface area contributed by atoms with Crippen LogP contribution in [0, 0.1) is 25.5 Å². The van der Waals surface area contributed by atoms with Gasteiger partial charge in [-0.3, -0.25) is 9.69 Å². The highest BCUT2D eigenvalue weighted by Gasteiger charge is 2.37. The van der Waals surface area contributed by atoms with Crippen LogP contribution in [0.15, 0.2) is 28.8 Å². The van der Waals surface area contributed by atoms with Crippen molar-refractivity contribution in [3.63, 3.8) is 0 Å². The summed E-state index contributed by atoms with van der Waals surface area (Å²) in [5.74, 6) is -1.05. The molecule has 1 aromatic carbocycles. The summed E-state index contributed by atoms with van der Waals surface area (Å²) in [6, 6.07) is 4.40. The van der Waals surface area contributed by atoms with Gasteiger partial charge in [-0.2, -0.15) is 0 Å². The second-order valence-corrected chi connectivity index (χ2v) is 8.65. The maximum absolute atomic E-state index is 13.5. The molecule has 1 saturated heterocycles. The average molecular weight is 461 g/mol. The molecule has 3 heterocycles. The molecule has 8 nitrogen and oxygen atoms in total. The largest absolute Gasteiger partial charge is 0.361 e. The molecular weight excluding hydrogens is 440 g/mol. The molecule has 11 heteroatoms. The number of aromatic nitrogens is 2. The molecule has 32 heavy (non-hydrogen) atoms. The Bertz CT molecular complexity index is 1160. The zero-order chi connectivity index (χ0) is 23.0. The third-order valence-corrected chi connectivity index (χ3v) is 6.24. The summed E-state index contributed by atoms with van der Waals surface area (Å²) in [6.07, 6.45) is 0. The van der Waals surface area contributed by atoms with Gasteiger partial charge in [0.15, 0.2) is 5.13 Å². The minimum atomic E-state index is -0.692. The number of anilines is 1. The van der Waals surface area contributed by atoms with Crippen molar-refractivity contribution in [2.75, 3.05) is 11.4 Å². The number of thiazole rings is 1. The van der Waals surface area contributed by atoms with Crippen LogP contribution in [-0.2, 0) is 13.1 Å². The maximum Gasteiger partial charge on any atom is 0.326 e. The van der Waals surface area contributed by atoms with E-state index in [1.165, 1.54) is 21.9 Å². The molecule has 0 spiro atoms. The molecule has 1 atom stereocenters. The number of hydrogen-bond donors (Lipinski definition) is 1. The summed E-state index contributed by atoms with van der Waals surface area (Å²) in [7, 11) is 0. The fourth-order valence-corrected chi connectivity index (χ4v) is 4.51. The van der Waals surface area contributed by atoms with Gasteiger partial charge in [-0.15, -0.1) is 0 Å². The van der Waals surface area contributed by atoms with Gasteiger partial charge in [0.25, 0.3) is 5.91 Å². The quantitative estimate of drug-likeness (QED) is 0.603. The Morgan fingerprint density at radius 3 is 2.62 bits per heavy atom.